The molecule has 0 aromatic heterocycles. The summed E-state index contributed by atoms with van der Waals surface area (Å²) in [6, 6.07) is 5.06. The predicted octanol–water partition coefficient (Wildman–Crippen LogP) is 2.27. The lowest BCUT2D eigenvalue weighted by Gasteiger charge is -2.14. The lowest BCUT2D eigenvalue weighted by molar-refractivity contribution is -0.150. The highest BCUT2D eigenvalue weighted by molar-refractivity contribution is 5.95. The molecule has 0 bridgehead atoms. The second-order valence-electron chi connectivity index (χ2n) is 6.32. The molecule has 0 saturated heterocycles. The molecule has 0 fully saturated rings. The van der Waals surface area contributed by atoms with Crippen molar-refractivity contribution in [2.45, 2.75) is 46.6 Å². The standard InChI is InChI=1S/C18H26N2O5/c1-11(2)14-7-6-13(5)8-15(14)24-10-17(22)25-9-16(21)20-18(23)19-12(3)4/h6-8,11-12H,9-10H2,1-5H3,(H2,19,20,21,23). The first-order valence-electron chi connectivity index (χ1n) is 8.18. The number of esters is 1. The molecule has 3 amide bonds. The summed E-state index contributed by atoms with van der Waals surface area (Å²) < 4.78 is 10.3. The maximum atomic E-state index is 11.7. The summed E-state index contributed by atoms with van der Waals surface area (Å²) in [5.41, 5.74) is 2.00. The van der Waals surface area contributed by atoms with Crippen molar-refractivity contribution in [1.29, 1.82) is 0 Å². The quantitative estimate of drug-likeness (QED) is 0.736. The van der Waals surface area contributed by atoms with Gasteiger partial charge in [-0.25, -0.2) is 9.59 Å². The van der Waals surface area contributed by atoms with Crippen molar-refractivity contribution in [3.63, 3.8) is 0 Å². The fourth-order valence-electron chi connectivity index (χ4n) is 2.03. The van der Waals surface area contributed by atoms with Gasteiger partial charge in [0.05, 0.1) is 0 Å². The number of amides is 3. The minimum Gasteiger partial charge on any atom is -0.482 e. The van der Waals surface area contributed by atoms with Gasteiger partial charge < -0.3 is 14.8 Å². The first-order valence-corrected chi connectivity index (χ1v) is 8.18. The van der Waals surface area contributed by atoms with Gasteiger partial charge in [0.15, 0.2) is 13.2 Å². The molecule has 0 unspecified atom stereocenters. The van der Waals surface area contributed by atoms with Crippen molar-refractivity contribution >= 4 is 17.9 Å². The summed E-state index contributed by atoms with van der Waals surface area (Å²) in [5, 5.41) is 4.56. The number of aryl methyl sites for hydroxylation is 1. The van der Waals surface area contributed by atoms with Gasteiger partial charge in [-0.1, -0.05) is 26.0 Å². The number of ether oxygens (including phenoxy) is 2. The van der Waals surface area contributed by atoms with Crippen LogP contribution in [0.4, 0.5) is 4.79 Å². The van der Waals surface area contributed by atoms with E-state index in [0.29, 0.717) is 5.75 Å². The van der Waals surface area contributed by atoms with Gasteiger partial charge in [0.2, 0.25) is 0 Å². The second-order valence-corrected chi connectivity index (χ2v) is 6.32. The van der Waals surface area contributed by atoms with Gasteiger partial charge in [-0.05, 0) is 43.9 Å². The van der Waals surface area contributed by atoms with Crippen molar-refractivity contribution in [2.75, 3.05) is 13.2 Å². The Morgan fingerprint density at radius 1 is 1.08 bits per heavy atom. The molecule has 0 spiro atoms. The number of imide groups is 1. The van der Waals surface area contributed by atoms with E-state index in [0.717, 1.165) is 11.1 Å². The average Bonchev–Trinajstić information content (AvgIpc) is 2.49. The van der Waals surface area contributed by atoms with Crippen LogP contribution in [0.3, 0.4) is 0 Å². The van der Waals surface area contributed by atoms with Gasteiger partial charge in [-0.3, -0.25) is 10.1 Å². The van der Waals surface area contributed by atoms with E-state index >= 15 is 0 Å². The summed E-state index contributed by atoms with van der Waals surface area (Å²) in [5.74, 6) is -0.523. The second kappa shape index (κ2) is 9.66. The Kier molecular flexibility index (Phi) is 7.91. The van der Waals surface area contributed by atoms with Crippen LogP contribution in [0.2, 0.25) is 0 Å². The lowest BCUT2D eigenvalue weighted by Crippen LogP contribution is -2.44. The van der Waals surface area contributed by atoms with E-state index in [9.17, 15) is 14.4 Å². The van der Waals surface area contributed by atoms with E-state index < -0.39 is 24.5 Å². The topological polar surface area (TPSA) is 93.7 Å². The third-order valence-electron chi connectivity index (χ3n) is 3.17. The highest BCUT2D eigenvalue weighted by atomic mass is 16.6. The van der Waals surface area contributed by atoms with E-state index in [-0.39, 0.29) is 18.6 Å². The number of carbonyl (C=O) groups excluding carboxylic acids is 3. The molecular formula is C18H26N2O5. The summed E-state index contributed by atoms with van der Waals surface area (Å²) in [6.45, 7) is 8.66. The van der Waals surface area contributed by atoms with Crippen LogP contribution in [-0.4, -0.2) is 37.2 Å². The molecular weight excluding hydrogens is 324 g/mol. The van der Waals surface area contributed by atoms with Crippen LogP contribution in [0.15, 0.2) is 18.2 Å². The molecule has 2 N–H and O–H groups in total. The summed E-state index contributed by atoms with van der Waals surface area (Å²) in [4.78, 5) is 34.6. The number of hydrogen-bond acceptors (Lipinski definition) is 5. The zero-order valence-electron chi connectivity index (χ0n) is 15.3. The van der Waals surface area contributed by atoms with E-state index in [2.05, 4.69) is 10.6 Å². The van der Waals surface area contributed by atoms with Crippen LogP contribution >= 0.6 is 0 Å². The van der Waals surface area contributed by atoms with Crippen molar-refractivity contribution in [2.24, 2.45) is 0 Å². The Labute approximate surface area is 148 Å². The smallest absolute Gasteiger partial charge is 0.344 e. The van der Waals surface area contributed by atoms with Gasteiger partial charge in [-0.15, -0.1) is 0 Å². The van der Waals surface area contributed by atoms with Crippen LogP contribution in [0.25, 0.3) is 0 Å². The fourth-order valence-corrected chi connectivity index (χ4v) is 2.03. The number of rotatable bonds is 7. The van der Waals surface area contributed by atoms with Crippen LogP contribution in [-0.2, 0) is 14.3 Å². The highest BCUT2D eigenvalue weighted by Gasteiger charge is 2.14. The fraction of sp³-hybridized carbons (Fsp3) is 0.500. The largest absolute Gasteiger partial charge is 0.482 e. The Morgan fingerprint density at radius 2 is 1.76 bits per heavy atom. The molecule has 25 heavy (non-hydrogen) atoms. The lowest BCUT2D eigenvalue weighted by atomic mass is 10.0. The van der Waals surface area contributed by atoms with Crippen molar-refractivity contribution in [3.05, 3.63) is 29.3 Å². The SMILES string of the molecule is Cc1ccc(C(C)C)c(OCC(=O)OCC(=O)NC(=O)NC(C)C)c1. The number of benzene rings is 1. The number of urea groups is 1. The Bertz CT molecular complexity index is 626. The molecule has 1 rings (SSSR count). The number of nitrogens with one attached hydrogen (secondary N) is 2. The molecule has 0 aliphatic rings. The minimum atomic E-state index is -0.704. The van der Waals surface area contributed by atoms with Gasteiger partial charge in [-0.2, -0.15) is 0 Å². The van der Waals surface area contributed by atoms with Crippen LogP contribution in [0.5, 0.6) is 5.75 Å². The molecule has 0 atom stereocenters. The molecule has 7 heteroatoms. The molecule has 1 aromatic carbocycles. The zero-order chi connectivity index (χ0) is 19.0. The normalized spacial score (nSPS) is 10.5. The van der Waals surface area contributed by atoms with Gasteiger partial charge in [0.25, 0.3) is 5.91 Å². The number of hydrogen-bond donors (Lipinski definition) is 2. The van der Waals surface area contributed by atoms with Gasteiger partial charge in [0.1, 0.15) is 5.75 Å². The Hall–Kier alpha value is -2.57. The minimum absolute atomic E-state index is 0.103. The maximum Gasteiger partial charge on any atom is 0.344 e. The van der Waals surface area contributed by atoms with E-state index in [1.807, 2.05) is 39.0 Å². The van der Waals surface area contributed by atoms with Crippen molar-refractivity contribution in [3.8, 4) is 5.75 Å². The molecule has 0 aliphatic heterocycles. The highest BCUT2D eigenvalue weighted by Crippen LogP contribution is 2.27. The third kappa shape index (κ3) is 7.69. The van der Waals surface area contributed by atoms with E-state index in [1.54, 1.807) is 13.8 Å². The average molecular weight is 350 g/mol. The molecule has 138 valence electrons. The monoisotopic (exact) mass is 350 g/mol. The van der Waals surface area contributed by atoms with Gasteiger partial charge >= 0.3 is 12.0 Å². The molecule has 0 saturated carbocycles. The summed E-state index contributed by atoms with van der Waals surface area (Å²) >= 11 is 0. The molecule has 7 nitrogen and oxygen atoms in total. The first-order chi connectivity index (χ1) is 11.7. The first kappa shape index (κ1) is 20.5. The Balaban J connectivity index is 2.44. The summed E-state index contributed by atoms with van der Waals surface area (Å²) in [6.07, 6.45) is 0. The van der Waals surface area contributed by atoms with Crippen LogP contribution in [0.1, 0.15) is 44.7 Å². The van der Waals surface area contributed by atoms with E-state index in [1.165, 1.54) is 0 Å². The molecule has 1 aromatic rings. The van der Waals surface area contributed by atoms with Crippen molar-refractivity contribution < 1.29 is 23.9 Å². The summed E-state index contributed by atoms with van der Waals surface area (Å²) in [7, 11) is 0. The zero-order valence-corrected chi connectivity index (χ0v) is 15.3. The molecule has 0 heterocycles. The van der Waals surface area contributed by atoms with Crippen LogP contribution in [0, 0.1) is 6.92 Å². The van der Waals surface area contributed by atoms with Crippen molar-refractivity contribution in [1.82, 2.24) is 10.6 Å². The van der Waals surface area contributed by atoms with E-state index in [4.69, 9.17) is 9.47 Å². The molecule has 0 aliphatic carbocycles. The number of carbonyl (C=O) groups is 3. The van der Waals surface area contributed by atoms with Gasteiger partial charge in [0, 0.05) is 6.04 Å². The Morgan fingerprint density at radius 3 is 2.36 bits per heavy atom. The third-order valence-corrected chi connectivity index (χ3v) is 3.17. The maximum absolute atomic E-state index is 11.7. The molecule has 0 radical (unpaired) electrons. The predicted molar refractivity (Wildman–Crippen MR) is 93.5 cm³/mol. The van der Waals surface area contributed by atoms with Crippen LogP contribution < -0.4 is 15.4 Å².